The van der Waals surface area contributed by atoms with Gasteiger partial charge in [0.25, 0.3) is 0 Å². The van der Waals surface area contributed by atoms with Crippen molar-refractivity contribution in [3.8, 4) is 23.0 Å². The molecule has 50 heavy (non-hydrogen) atoms. The summed E-state index contributed by atoms with van der Waals surface area (Å²) in [6, 6.07) is 20.1. The van der Waals surface area contributed by atoms with Crippen LogP contribution in [0.2, 0.25) is 0 Å². The fourth-order valence-electron chi connectivity index (χ4n) is 6.92. The first-order valence-electron chi connectivity index (χ1n) is 16.3. The topological polar surface area (TPSA) is 164 Å². The fraction of sp³-hybridized carbons (Fsp3) is 0.405. The minimum absolute atomic E-state index is 0.0820. The van der Waals surface area contributed by atoms with Gasteiger partial charge < -0.3 is 53.2 Å². The summed E-state index contributed by atoms with van der Waals surface area (Å²) < 4.78 is 46.3. The quantitative estimate of drug-likeness (QED) is 0.208. The standard InChI is InChI=1S/C37H39NO12/c1-43-26-10-8-20(13-28(26)44-2)34-23-16-47-35(24(23)17-46-34)21-9-11-27(29(14-21)45-3)49-37-33(41)32(40)31(39)30(50-37)18-48-36(42)22-12-19-6-4-5-7-25(19)38-15-22/h4-15,23-24,30-35,37,39-41H,16-18H2,1-3H3/t23-,24-,30+,31+,32-,33+,34-,35-,37-/m1/s1. The van der Waals surface area contributed by atoms with E-state index in [1.54, 1.807) is 32.4 Å². The first-order valence-corrected chi connectivity index (χ1v) is 16.3. The number of aliphatic hydroxyl groups is 3. The first kappa shape index (κ1) is 34.0. The van der Waals surface area contributed by atoms with Crippen LogP contribution in [0.15, 0.2) is 72.9 Å². The molecule has 4 heterocycles. The van der Waals surface area contributed by atoms with Crippen LogP contribution in [0.5, 0.6) is 23.0 Å². The first-order chi connectivity index (χ1) is 24.3. The van der Waals surface area contributed by atoms with Gasteiger partial charge in [-0.05, 0) is 47.5 Å². The Bertz CT molecular complexity index is 1840. The number of esters is 1. The maximum Gasteiger partial charge on any atom is 0.339 e. The van der Waals surface area contributed by atoms with E-state index in [2.05, 4.69) is 4.98 Å². The minimum atomic E-state index is -1.64. The lowest BCUT2D eigenvalue weighted by molar-refractivity contribution is -0.277. The number of pyridine rings is 1. The zero-order valence-corrected chi connectivity index (χ0v) is 27.7. The Morgan fingerprint density at radius 1 is 0.760 bits per heavy atom. The zero-order chi connectivity index (χ0) is 34.9. The SMILES string of the molecule is COc1ccc([C@H]2OC[C@@H]3[C@H]2CO[C@@H]3c2ccc(O[C@@H]3O[C@@H](COC(=O)c4cnc5ccccc5c4)[C@H](O)[C@@H](O)[C@@H]3O)c(OC)c2)cc1OC. The number of methoxy groups -OCH3 is 3. The monoisotopic (exact) mass is 689 g/mol. The fourth-order valence-corrected chi connectivity index (χ4v) is 6.92. The van der Waals surface area contributed by atoms with Gasteiger partial charge in [0, 0.05) is 23.4 Å². The maximum atomic E-state index is 12.8. The Morgan fingerprint density at radius 3 is 2.04 bits per heavy atom. The van der Waals surface area contributed by atoms with Crippen molar-refractivity contribution in [2.45, 2.75) is 42.9 Å². The Kier molecular flexibility index (Phi) is 9.78. The molecule has 3 saturated heterocycles. The number of para-hydroxylation sites is 1. The molecule has 0 spiro atoms. The van der Waals surface area contributed by atoms with E-state index >= 15 is 0 Å². The van der Waals surface area contributed by atoms with Crippen LogP contribution in [0.4, 0.5) is 0 Å². The van der Waals surface area contributed by atoms with Gasteiger partial charge in [-0.2, -0.15) is 0 Å². The van der Waals surface area contributed by atoms with Crippen molar-refractivity contribution in [2.24, 2.45) is 11.8 Å². The smallest absolute Gasteiger partial charge is 0.339 e. The molecule has 7 rings (SSSR count). The number of aromatic nitrogens is 1. The van der Waals surface area contributed by atoms with Crippen LogP contribution in [-0.2, 0) is 18.9 Å². The highest BCUT2D eigenvalue weighted by Crippen LogP contribution is 2.51. The lowest BCUT2D eigenvalue weighted by atomic mass is 9.85. The van der Waals surface area contributed by atoms with E-state index in [0.29, 0.717) is 30.5 Å². The summed E-state index contributed by atoms with van der Waals surface area (Å²) in [6.07, 6.45) is -6.47. The molecule has 9 atom stereocenters. The number of nitrogens with zero attached hydrogens (tertiary/aromatic N) is 1. The normalized spacial score (nSPS) is 29.0. The van der Waals surface area contributed by atoms with Crippen LogP contribution in [0.25, 0.3) is 10.9 Å². The molecule has 0 aliphatic carbocycles. The van der Waals surface area contributed by atoms with Gasteiger partial charge in [0.15, 0.2) is 23.0 Å². The van der Waals surface area contributed by atoms with Crippen molar-refractivity contribution in [3.05, 3.63) is 89.6 Å². The summed E-state index contributed by atoms with van der Waals surface area (Å²) in [4.78, 5) is 17.1. The van der Waals surface area contributed by atoms with Crippen molar-refractivity contribution in [1.29, 1.82) is 0 Å². The summed E-state index contributed by atoms with van der Waals surface area (Å²) >= 11 is 0. The van der Waals surface area contributed by atoms with Crippen molar-refractivity contribution in [3.63, 3.8) is 0 Å². The molecule has 13 heteroatoms. The van der Waals surface area contributed by atoms with Crippen LogP contribution >= 0.6 is 0 Å². The average molecular weight is 690 g/mol. The molecule has 1 aromatic heterocycles. The number of fused-ring (bicyclic) bond motifs is 2. The summed E-state index contributed by atoms with van der Waals surface area (Å²) in [6.45, 7) is 0.585. The van der Waals surface area contributed by atoms with Crippen LogP contribution in [0.3, 0.4) is 0 Å². The second kappa shape index (κ2) is 14.4. The van der Waals surface area contributed by atoms with E-state index < -0.39 is 43.3 Å². The lowest BCUT2D eigenvalue weighted by Gasteiger charge is -2.40. The van der Waals surface area contributed by atoms with E-state index in [1.165, 1.54) is 13.3 Å². The van der Waals surface area contributed by atoms with Gasteiger partial charge in [0.2, 0.25) is 6.29 Å². The molecule has 0 amide bonds. The van der Waals surface area contributed by atoms with Crippen LogP contribution < -0.4 is 18.9 Å². The Balaban J connectivity index is 1.01. The molecule has 264 valence electrons. The molecule has 3 aromatic carbocycles. The third-order valence-corrected chi connectivity index (χ3v) is 9.63. The summed E-state index contributed by atoms with van der Waals surface area (Å²) in [5.41, 5.74) is 2.78. The third kappa shape index (κ3) is 6.43. The molecule has 3 fully saturated rings. The number of ether oxygens (including phenoxy) is 8. The Labute approximate surface area is 288 Å². The highest BCUT2D eigenvalue weighted by atomic mass is 16.7. The average Bonchev–Trinajstić information content (AvgIpc) is 3.77. The molecule has 0 bridgehead atoms. The highest BCUT2D eigenvalue weighted by Gasteiger charge is 2.49. The van der Waals surface area contributed by atoms with E-state index in [0.717, 1.165) is 22.0 Å². The van der Waals surface area contributed by atoms with Gasteiger partial charge in [0.1, 0.15) is 31.0 Å². The van der Waals surface area contributed by atoms with Crippen LogP contribution in [0.1, 0.15) is 33.7 Å². The number of hydrogen-bond donors (Lipinski definition) is 3. The van der Waals surface area contributed by atoms with Crippen molar-refractivity contribution >= 4 is 16.9 Å². The molecule has 13 nitrogen and oxygen atoms in total. The molecular formula is C37H39NO12. The molecule has 3 N–H and O–H groups in total. The van der Waals surface area contributed by atoms with Crippen molar-refractivity contribution in [2.75, 3.05) is 41.2 Å². The van der Waals surface area contributed by atoms with Crippen LogP contribution in [-0.4, -0.2) is 98.1 Å². The van der Waals surface area contributed by atoms with E-state index in [9.17, 15) is 20.1 Å². The van der Waals surface area contributed by atoms with E-state index in [4.69, 9.17) is 37.9 Å². The second-order valence-corrected chi connectivity index (χ2v) is 12.5. The zero-order valence-electron chi connectivity index (χ0n) is 27.7. The van der Waals surface area contributed by atoms with Gasteiger partial charge in [-0.15, -0.1) is 0 Å². The van der Waals surface area contributed by atoms with Crippen molar-refractivity contribution < 1.29 is 58.0 Å². The Hall–Kier alpha value is -4.50. The second-order valence-electron chi connectivity index (χ2n) is 12.5. The summed E-state index contributed by atoms with van der Waals surface area (Å²) in [5.74, 6) is 1.35. The van der Waals surface area contributed by atoms with Gasteiger partial charge >= 0.3 is 5.97 Å². The number of benzene rings is 3. The van der Waals surface area contributed by atoms with E-state index in [-0.39, 0.29) is 35.4 Å². The largest absolute Gasteiger partial charge is 0.493 e. The Morgan fingerprint density at radius 2 is 1.38 bits per heavy atom. The van der Waals surface area contributed by atoms with Crippen molar-refractivity contribution in [1.82, 2.24) is 4.98 Å². The summed E-state index contributed by atoms with van der Waals surface area (Å²) in [5, 5.41) is 32.8. The molecule has 0 unspecified atom stereocenters. The molecular weight excluding hydrogens is 650 g/mol. The molecule has 3 aliphatic rings. The van der Waals surface area contributed by atoms with Gasteiger partial charge in [-0.25, -0.2) is 4.79 Å². The number of rotatable bonds is 10. The maximum absolute atomic E-state index is 12.8. The summed E-state index contributed by atoms with van der Waals surface area (Å²) in [7, 11) is 4.68. The predicted octanol–water partition coefficient (Wildman–Crippen LogP) is 3.38. The molecule has 4 aromatic rings. The van der Waals surface area contributed by atoms with Gasteiger partial charge in [0.05, 0.1) is 57.8 Å². The number of hydrogen-bond acceptors (Lipinski definition) is 13. The number of carbonyl (C=O) groups is 1. The molecule has 3 aliphatic heterocycles. The minimum Gasteiger partial charge on any atom is -0.493 e. The molecule has 0 radical (unpaired) electrons. The van der Waals surface area contributed by atoms with Crippen LogP contribution in [0, 0.1) is 11.8 Å². The van der Waals surface area contributed by atoms with Gasteiger partial charge in [-0.3, -0.25) is 4.98 Å². The third-order valence-electron chi connectivity index (χ3n) is 9.63. The predicted molar refractivity (Wildman–Crippen MR) is 176 cm³/mol. The molecule has 0 saturated carbocycles. The lowest BCUT2D eigenvalue weighted by Crippen LogP contribution is -2.60. The van der Waals surface area contributed by atoms with Gasteiger partial charge in [-0.1, -0.05) is 30.3 Å². The highest BCUT2D eigenvalue weighted by molar-refractivity contribution is 5.93. The number of aliphatic hydroxyl groups excluding tert-OH is 3. The van der Waals surface area contributed by atoms with E-state index in [1.807, 2.05) is 48.5 Å². The number of carbonyl (C=O) groups excluding carboxylic acids is 1.